The minimum atomic E-state index is 0. The molecule has 0 aliphatic rings. The summed E-state index contributed by atoms with van der Waals surface area (Å²) in [5.74, 6) is 0. The molecule has 0 atom stereocenters. The average molecular weight is 231 g/mol. The summed E-state index contributed by atoms with van der Waals surface area (Å²) in [4.78, 5) is 3.78. The first-order valence-electron chi connectivity index (χ1n) is 1.85. The third-order valence-electron chi connectivity index (χ3n) is 0.566. The van der Waals surface area contributed by atoms with Gasteiger partial charge in [-0.25, -0.2) is 0 Å². The van der Waals surface area contributed by atoms with Crippen molar-refractivity contribution in [2.24, 2.45) is 0 Å². The van der Waals surface area contributed by atoms with Crippen LogP contribution >= 0.6 is 0 Å². The molecule has 0 spiro atoms. The van der Waals surface area contributed by atoms with Crippen LogP contribution in [0, 0.1) is 0 Å². The second kappa shape index (κ2) is 22.5. The first kappa shape index (κ1) is 30.4. The number of nitrogens with zero attached hydrogens (tertiary/aromatic N) is 1. The maximum Gasteiger partial charge on any atom is 3.00 e. The zero-order valence-electron chi connectivity index (χ0n) is 5.38. The van der Waals surface area contributed by atoms with Crippen LogP contribution in [0.1, 0.15) is 0 Å². The van der Waals surface area contributed by atoms with Gasteiger partial charge in [0.15, 0.2) is 0 Å². The Balaban J connectivity index is -0.0000000240. The number of rotatable bonds is 0. The molecule has 0 aromatic carbocycles. The Morgan fingerprint density at radius 2 is 1.00 bits per heavy atom. The fourth-order valence-corrected chi connectivity index (χ4v) is 0.313. The Bertz CT molecular complexity index is 91.7. The molecule has 0 N–H and O–H groups in total. The largest absolute Gasteiger partial charge is 3.00 e. The average Bonchev–Trinajstić information content (AvgIpc) is 1.72. The van der Waals surface area contributed by atoms with Gasteiger partial charge in [0, 0.05) is 12.4 Å². The summed E-state index contributed by atoms with van der Waals surface area (Å²) in [7, 11) is 0. The van der Waals surface area contributed by atoms with E-state index in [2.05, 4.69) is 4.98 Å². The molecule has 0 saturated carbocycles. The Morgan fingerprint density at radius 3 is 1.09 bits per heavy atom. The zero-order valence-corrected chi connectivity index (χ0v) is 7.93. The van der Waals surface area contributed by atoms with E-state index in [4.69, 9.17) is 0 Å². The zero-order chi connectivity index (χ0) is 4.24. The molecule has 60 valence electrons. The standard InChI is InChI=1S/C5H5N.2Cr.3O/c1-2-4-6-5-3-1;;;;;/h1-5H;;;;;/q;2*+3;3*-2. The summed E-state index contributed by atoms with van der Waals surface area (Å²) >= 11 is 0. The summed E-state index contributed by atoms with van der Waals surface area (Å²) in [6.45, 7) is 0. The maximum atomic E-state index is 3.78. The number of pyridine rings is 1. The van der Waals surface area contributed by atoms with E-state index in [1.165, 1.54) is 0 Å². The molecule has 0 aliphatic carbocycles. The molecule has 11 heavy (non-hydrogen) atoms. The molecule has 0 unspecified atom stereocenters. The molecule has 0 saturated heterocycles. The van der Waals surface area contributed by atoms with Gasteiger partial charge in [-0.1, -0.05) is 6.07 Å². The SMILES string of the molecule is [Cr+3].[Cr+3].[O-2].[O-2].[O-2].c1ccncc1. The van der Waals surface area contributed by atoms with Crippen molar-refractivity contribution in [1.29, 1.82) is 0 Å². The van der Waals surface area contributed by atoms with Crippen molar-refractivity contribution in [3.8, 4) is 0 Å². The molecular formula is C5H5Cr2NO3. The van der Waals surface area contributed by atoms with E-state index in [9.17, 15) is 0 Å². The van der Waals surface area contributed by atoms with Gasteiger partial charge in [0.2, 0.25) is 0 Å². The van der Waals surface area contributed by atoms with E-state index in [-0.39, 0.29) is 51.2 Å². The van der Waals surface area contributed by atoms with Crippen molar-refractivity contribution in [3.05, 3.63) is 30.6 Å². The third kappa shape index (κ3) is 17.8. The monoisotopic (exact) mass is 231 g/mol. The molecule has 1 aromatic rings. The molecule has 0 aliphatic heterocycles. The quantitative estimate of drug-likeness (QED) is 0.645. The van der Waals surface area contributed by atoms with Crippen LogP contribution in [0.15, 0.2) is 30.6 Å². The van der Waals surface area contributed by atoms with Crippen LogP contribution in [-0.4, -0.2) is 4.98 Å². The van der Waals surface area contributed by atoms with Crippen LogP contribution in [0.2, 0.25) is 0 Å². The first-order chi connectivity index (χ1) is 3.00. The van der Waals surface area contributed by atoms with Gasteiger partial charge in [0.05, 0.1) is 0 Å². The molecule has 0 bridgehead atoms. The van der Waals surface area contributed by atoms with E-state index >= 15 is 0 Å². The molecule has 4 nitrogen and oxygen atoms in total. The molecule has 1 aromatic heterocycles. The van der Waals surface area contributed by atoms with Gasteiger partial charge >= 0.3 is 34.7 Å². The first-order valence-corrected chi connectivity index (χ1v) is 1.85. The summed E-state index contributed by atoms with van der Waals surface area (Å²) in [5, 5.41) is 0. The Kier molecular flexibility index (Phi) is 62.2. The number of aromatic nitrogens is 1. The molecule has 0 amide bonds. The topological polar surface area (TPSA) is 98.4 Å². The Morgan fingerprint density at radius 1 is 0.636 bits per heavy atom. The Labute approximate surface area is 86.8 Å². The molecule has 1 rings (SSSR count). The van der Waals surface area contributed by atoms with Gasteiger partial charge in [-0.2, -0.15) is 0 Å². The van der Waals surface area contributed by atoms with Crippen LogP contribution in [0.3, 0.4) is 0 Å². The van der Waals surface area contributed by atoms with Crippen molar-refractivity contribution in [1.82, 2.24) is 4.98 Å². The van der Waals surface area contributed by atoms with Crippen molar-refractivity contribution in [3.63, 3.8) is 0 Å². The van der Waals surface area contributed by atoms with Crippen molar-refractivity contribution in [2.75, 3.05) is 0 Å². The Hall–Kier alpha value is 0.0949. The molecule has 1 heterocycles. The van der Waals surface area contributed by atoms with Crippen LogP contribution in [0.5, 0.6) is 0 Å². The normalized spacial score (nSPS) is 4.36. The van der Waals surface area contributed by atoms with Crippen molar-refractivity contribution in [2.45, 2.75) is 0 Å². The molecular weight excluding hydrogens is 226 g/mol. The van der Waals surface area contributed by atoms with Crippen LogP contribution < -0.4 is 0 Å². The van der Waals surface area contributed by atoms with E-state index in [1.807, 2.05) is 18.2 Å². The van der Waals surface area contributed by atoms with Gasteiger partial charge in [0.25, 0.3) is 0 Å². The second-order valence-electron chi connectivity index (χ2n) is 1.02. The summed E-state index contributed by atoms with van der Waals surface area (Å²) < 4.78 is 0. The second-order valence-corrected chi connectivity index (χ2v) is 1.02. The minimum absolute atomic E-state index is 0. The maximum absolute atomic E-state index is 3.78. The fraction of sp³-hybridized carbons (Fsp3) is 0. The van der Waals surface area contributed by atoms with Crippen LogP contribution in [0.25, 0.3) is 0 Å². The fourth-order valence-electron chi connectivity index (χ4n) is 0.313. The summed E-state index contributed by atoms with van der Waals surface area (Å²) in [6, 6.07) is 5.72. The molecule has 6 heteroatoms. The molecule has 0 fully saturated rings. The van der Waals surface area contributed by atoms with Crippen LogP contribution in [0.4, 0.5) is 0 Å². The summed E-state index contributed by atoms with van der Waals surface area (Å²) in [6.07, 6.45) is 3.50. The van der Waals surface area contributed by atoms with Gasteiger partial charge in [-0.05, 0) is 12.1 Å². The van der Waals surface area contributed by atoms with Crippen molar-refractivity contribution >= 4 is 0 Å². The number of hydrogen-bond acceptors (Lipinski definition) is 1. The number of hydrogen-bond donors (Lipinski definition) is 0. The van der Waals surface area contributed by atoms with E-state index in [0.717, 1.165) is 0 Å². The minimum Gasteiger partial charge on any atom is -2.00 e. The van der Waals surface area contributed by atoms with Crippen molar-refractivity contribution < 1.29 is 51.2 Å². The smallest absolute Gasteiger partial charge is 2.00 e. The molecule has 2 radical (unpaired) electrons. The summed E-state index contributed by atoms with van der Waals surface area (Å²) in [5.41, 5.74) is 0. The van der Waals surface area contributed by atoms with Gasteiger partial charge in [0.1, 0.15) is 0 Å². The third-order valence-corrected chi connectivity index (χ3v) is 0.566. The van der Waals surface area contributed by atoms with E-state index < -0.39 is 0 Å². The van der Waals surface area contributed by atoms with E-state index in [0.29, 0.717) is 0 Å². The predicted octanol–water partition coefficient (Wildman–Crippen LogP) is 0.720. The van der Waals surface area contributed by atoms with Crippen LogP contribution in [-0.2, 0) is 51.2 Å². The van der Waals surface area contributed by atoms with Gasteiger partial charge in [-0.15, -0.1) is 0 Å². The van der Waals surface area contributed by atoms with Gasteiger partial charge < -0.3 is 16.4 Å². The predicted molar refractivity (Wildman–Crippen MR) is 26.3 cm³/mol. The van der Waals surface area contributed by atoms with E-state index in [1.54, 1.807) is 12.4 Å². The van der Waals surface area contributed by atoms with Gasteiger partial charge in [-0.3, -0.25) is 4.98 Å².